The molecule has 4 nitrogen and oxygen atoms in total. The number of hydrogen-bond acceptors (Lipinski definition) is 3. The van der Waals surface area contributed by atoms with E-state index in [-0.39, 0.29) is 17.9 Å². The van der Waals surface area contributed by atoms with Crippen LogP contribution in [0.1, 0.15) is 63.6 Å². The Bertz CT molecular complexity index is 715. The Balaban J connectivity index is 2.05. The fourth-order valence-corrected chi connectivity index (χ4v) is 3.02. The topological polar surface area (TPSA) is 50.4 Å². The molecule has 0 radical (unpaired) electrons. The van der Waals surface area contributed by atoms with Crippen molar-refractivity contribution >= 4 is 5.91 Å². The number of carbonyl (C=O) groups excluding carboxylic acids is 1. The van der Waals surface area contributed by atoms with Crippen LogP contribution in [-0.2, 0) is 4.79 Å². The second-order valence-electron chi connectivity index (χ2n) is 7.79. The molecule has 0 fully saturated rings. The van der Waals surface area contributed by atoms with E-state index >= 15 is 0 Å². The van der Waals surface area contributed by atoms with E-state index in [4.69, 9.17) is 4.74 Å². The second kappa shape index (κ2) is 12.3. The monoisotopic (exact) mass is 396 g/mol. The van der Waals surface area contributed by atoms with Gasteiger partial charge in [0, 0.05) is 6.54 Å². The first-order chi connectivity index (χ1) is 14.0. The second-order valence-corrected chi connectivity index (χ2v) is 7.79. The molecule has 3 unspecified atom stereocenters. The summed E-state index contributed by atoms with van der Waals surface area (Å²) in [5.41, 5.74) is 2.11. The van der Waals surface area contributed by atoms with Crippen LogP contribution in [0.5, 0.6) is 5.75 Å². The van der Waals surface area contributed by atoms with Gasteiger partial charge in [0.25, 0.3) is 0 Å². The van der Waals surface area contributed by atoms with Gasteiger partial charge in [0.2, 0.25) is 5.91 Å². The maximum atomic E-state index is 12.9. The number of nitrogens with one attached hydrogen (secondary N) is 2. The number of rotatable bonds is 12. The first kappa shape index (κ1) is 23.0. The number of hydrogen-bond donors (Lipinski definition) is 2. The Kier molecular flexibility index (Phi) is 9.72. The molecule has 2 aromatic rings. The van der Waals surface area contributed by atoms with E-state index in [9.17, 15) is 4.79 Å². The van der Waals surface area contributed by atoms with E-state index in [1.165, 1.54) is 0 Å². The van der Waals surface area contributed by atoms with Gasteiger partial charge in [-0.15, -0.1) is 0 Å². The Hall–Kier alpha value is -2.33. The summed E-state index contributed by atoms with van der Waals surface area (Å²) in [6, 6.07) is 17.9. The molecule has 2 rings (SSSR count). The third-order valence-corrected chi connectivity index (χ3v) is 5.30. The molecule has 0 aromatic heterocycles. The molecule has 0 aliphatic rings. The summed E-state index contributed by atoms with van der Waals surface area (Å²) < 4.78 is 5.87. The Labute approximate surface area is 176 Å². The zero-order chi connectivity index (χ0) is 21.1. The Morgan fingerprint density at radius 1 is 0.966 bits per heavy atom. The molecule has 4 heteroatoms. The van der Waals surface area contributed by atoms with Crippen molar-refractivity contribution in [3.8, 4) is 5.75 Å². The first-order valence-corrected chi connectivity index (χ1v) is 10.8. The molecule has 3 atom stereocenters. The van der Waals surface area contributed by atoms with E-state index in [2.05, 4.69) is 43.5 Å². The van der Waals surface area contributed by atoms with Gasteiger partial charge in [0.1, 0.15) is 5.75 Å². The van der Waals surface area contributed by atoms with Crippen LogP contribution in [-0.4, -0.2) is 25.6 Å². The van der Waals surface area contributed by atoms with Crippen molar-refractivity contribution in [2.75, 3.05) is 19.7 Å². The molecular weight excluding hydrogens is 360 g/mol. The van der Waals surface area contributed by atoms with Gasteiger partial charge >= 0.3 is 0 Å². The van der Waals surface area contributed by atoms with Gasteiger partial charge in [0.15, 0.2) is 0 Å². The predicted octanol–water partition coefficient (Wildman–Crippen LogP) is 5.07. The maximum absolute atomic E-state index is 12.9. The summed E-state index contributed by atoms with van der Waals surface area (Å²) in [5.74, 6) is 1.26. The van der Waals surface area contributed by atoms with Crippen molar-refractivity contribution in [3.05, 3.63) is 65.7 Å². The standard InChI is InChI=1S/C25H36N2O2/c1-5-16-26-17-24(27-25(28)20(4)21-10-8-7-9-11-21)22-12-14-23(15-13-22)29-18-19(3)6-2/h7-15,19-20,24,26H,5-6,16-18H2,1-4H3,(H,27,28). The zero-order valence-corrected chi connectivity index (χ0v) is 18.3. The van der Waals surface area contributed by atoms with E-state index in [0.29, 0.717) is 12.5 Å². The Morgan fingerprint density at radius 2 is 1.66 bits per heavy atom. The van der Waals surface area contributed by atoms with Crippen LogP contribution in [0.2, 0.25) is 0 Å². The van der Waals surface area contributed by atoms with Crippen LogP contribution >= 0.6 is 0 Å². The lowest BCUT2D eigenvalue weighted by molar-refractivity contribution is -0.123. The van der Waals surface area contributed by atoms with Crippen molar-refractivity contribution in [3.63, 3.8) is 0 Å². The van der Waals surface area contributed by atoms with Gasteiger partial charge in [-0.2, -0.15) is 0 Å². The minimum absolute atomic E-state index is 0.0385. The van der Waals surface area contributed by atoms with Crippen molar-refractivity contribution < 1.29 is 9.53 Å². The molecule has 0 spiro atoms. The molecule has 0 aliphatic carbocycles. The maximum Gasteiger partial charge on any atom is 0.227 e. The van der Waals surface area contributed by atoms with Crippen LogP contribution in [0.25, 0.3) is 0 Å². The molecular formula is C25H36N2O2. The smallest absolute Gasteiger partial charge is 0.227 e. The molecule has 0 saturated heterocycles. The third-order valence-electron chi connectivity index (χ3n) is 5.30. The van der Waals surface area contributed by atoms with E-state index in [1.54, 1.807) is 0 Å². The van der Waals surface area contributed by atoms with Gasteiger partial charge in [-0.3, -0.25) is 4.79 Å². The van der Waals surface area contributed by atoms with Crippen molar-refractivity contribution in [1.29, 1.82) is 0 Å². The summed E-state index contributed by atoms with van der Waals surface area (Å²) in [6.45, 7) is 10.8. The van der Waals surface area contributed by atoms with Crippen molar-refractivity contribution in [1.82, 2.24) is 10.6 Å². The predicted molar refractivity (Wildman–Crippen MR) is 120 cm³/mol. The van der Waals surface area contributed by atoms with Crippen LogP contribution in [0.4, 0.5) is 0 Å². The van der Waals surface area contributed by atoms with E-state index in [1.807, 2.05) is 49.4 Å². The van der Waals surface area contributed by atoms with Gasteiger partial charge in [0.05, 0.1) is 18.6 Å². The molecule has 1 amide bonds. The summed E-state index contributed by atoms with van der Waals surface area (Å²) >= 11 is 0. The average molecular weight is 397 g/mol. The van der Waals surface area contributed by atoms with Crippen LogP contribution in [0.15, 0.2) is 54.6 Å². The van der Waals surface area contributed by atoms with E-state index in [0.717, 1.165) is 42.9 Å². The van der Waals surface area contributed by atoms with E-state index < -0.39 is 0 Å². The molecule has 0 aliphatic heterocycles. The Morgan fingerprint density at radius 3 is 2.28 bits per heavy atom. The SMILES string of the molecule is CCCNCC(NC(=O)C(C)c1ccccc1)c1ccc(OCC(C)CC)cc1. The molecule has 2 N–H and O–H groups in total. The summed E-state index contributed by atoms with van der Waals surface area (Å²) in [7, 11) is 0. The lowest BCUT2D eigenvalue weighted by Gasteiger charge is -2.23. The summed E-state index contributed by atoms with van der Waals surface area (Å²) in [5, 5.41) is 6.66. The van der Waals surface area contributed by atoms with Crippen molar-refractivity contribution in [2.24, 2.45) is 5.92 Å². The number of benzene rings is 2. The van der Waals surface area contributed by atoms with Crippen LogP contribution in [0, 0.1) is 5.92 Å². The highest BCUT2D eigenvalue weighted by Crippen LogP contribution is 2.21. The largest absolute Gasteiger partial charge is 0.493 e. The van der Waals surface area contributed by atoms with Gasteiger partial charge < -0.3 is 15.4 Å². The molecule has 2 aromatic carbocycles. The zero-order valence-electron chi connectivity index (χ0n) is 18.3. The normalized spacial score (nSPS) is 14.1. The third kappa shape index (κ3) is 7.54. The average Bonchev–Trinajstić information content (AvgIpc) is 2.77. The van der Waals surface area contributed by atoms with Crippen molar-refractivity contribution in [2.45, 2.75) is 52.5 Å². The first-order valence-electron chi connectivity index (χ1n) is 10.8. The summed E-state index contributed by atoms with van der Waals surface area (Å²) in [4.78, 5) is 12.9. The van der Waals surface area contributed by atoms with Crippen LogP contribution in [0.3, 0.4) is 0 Å². The minimum Gasteiger partial charge on any atom is -0.493 e. The summed E-state index contributed by atoms with van der Waals surface area (Å²) in [6.07, 6.45) is 2.17. The molecule has 0 saturated carbocycles. The van der Waals surface area contributed by atoms with Crippen LogP contribution < -0.4 is 15.4 Å². The van der Waals surface area contributed by atoms with Gasteiger partial charge in [-0.25, -0.2) is 0 Å². The van der Waals surface area contributed by atoms with Gasteiger partial charge in [-0.1, -0.05) is 69.7 Å². The highest BCUT2D eigenvalue weighted by atomic mass is 16.5. The highest BCUT2D eigenvalue weighted by molar-refractivity contribution is 5.83. The molecule has 0 heterocycles. The fourth-order valence-electron chi connectivity index (χ4n) is 3.02. The number of ether oxygens (including phenoxy) is 1. The fraction of sp³-hybridized carbons (Fsp3) is 0.480. The lowest BCUT2D eigenvalue weighted by atomic mass is 9.99. The molecule has 29 heavy (non-hydrogen) atoms. The number of amides is 1. The molecule has 0 bridgehead atoms. The minimum atomic E-state index is -0.192. The lowest BCUT2D eigenvalue weighted by Crippen LogP contribution is -2.37. The van der Waals surface area contributed by atoms with Gasteiger partial charge in [-0.05, 0) is 49.1 Å². The quantitative estimate of drug-likeness (QED) is 0.492. The number of carbonyl (C=O) groups is 1. The highest BCUT2D eigenvalue weighted by Gasteiger charge is 2.20. The molecule has 158 valence electrons.